The topological polar surface area (TPSA) is 15.3 Å². The Morgan fingerprint density at radius 2 is 2.16 bits per heavy atom. The summed E-state index contributed by atoms with van der Waals surface area (Å²) in [6, 6.07) is 5.91. The van der Waals surface area contributed by atoms with Gasteiger partial charge in [-0.05, 0) is 37.9 Å². The van der Waals surface area contributed by atoms with Crippen molar-refractivity contribution in [3.05, 3.63) is 29.6 Å². The van der Waals surface area contributed by atoms with E-state index in [4.69, 9.17) is 0 Å². The van der Waals surface area contributed by atoms with E-state index < -0.39 is 0 Å². The van der Waals surface area contributed by atoms with Crippen LogP contribution in [0.5, 0.6) is 0 Å². The van der Waals surface area contributed by atoms with E-state index in [0.717, 1.165) is 30.8 Å². The Bertz CT molecular complexity index is 406. The fourth-order valence-electron chi connectivity index (χ4n) is 3.11. The van der Waals surface area contributed by atoms with E-state index in [2.05, 4.69) is 17.1 Å². The number of hydrogen-bond acceptors (Lipinski definition) is 2. The highest BCUT2D eigenvalue weighted by atomic mass is 19.1. The third kappa shape index (κ3) is 3.27. The maximum atomic E-state index is 14.3. The van der Waals surface area contributed by atoms with Gasteiger partial charge >= 0.3 is 0 Å². The van der Waals surface area contributed by atoms with Crippen molar-refractivity contribution in [2.24, 2.45) is 0 Å². The molecule has 19 heavy (non-hydrogen) atoms. The number of benzene rings is 1. The summed E-state index contributed by atoms with van der Waals surface area (Å²) in [4.78, 5) is 2.31. The lowest BCUT2D eigenvalue weighted by Gasteiger charge is -2.33. The zero-order valence-corrected chi connectivity index (χ0v) is 12.1. The normalized spacial score (nSPS) is 20.4. The molecule has 0 saturated carbocycles. The van der Waals surface area contributed by atoms with Gasteiger partial charge in [-0.1, -0.05) is 31.9 Å². The Labute approximate surface area is 116 Å². The zero-order valence-electron chi connectivity index (χ0n) is 12.1. The molecule has 0 spiro atoms. The third-order valence-corrected chi connectivity index (χ3v) is 4.07. The maximum Gasteiger partial charge on any atom is 0.146 e. The van der Waals surface area contributed by atoms with E-state index in [0.29, 0.717) is 6.04 Å². The molecular weight excluding hydrogens is 239 g/mol. The highest BCUT2D eigenvalue weighted by Crippen LogP contribution is 2.31. The molecule has 1 heterocycles. The first-order valence-electron chi connectivity index (χ1n) is 7.46. The van der Waals surface area contributed by atoms with Crippen molar-refractivity contribution in [3.63, 3.8) is 0 Å². The second kappa shape index (κ2) is 6.90. The third-order valence-electron chi connectivity index (χ3n) is 4.07. The molecule has 0 aliphatic carbocycles. The van der Waals surface area contributed by atoms with E-state index in [-0.39, 0.29) is 5.82 Å². The van der Waals surface area contributed by atoms with Crippen molar-refractivity contribution in [2.45, 2.75) is 51.6 Å². The van der Waals surface area contributed by atoms with E-state index in [1.807, 2.05) is 19.2 Å². The smallest absolute Gasteiger partial charge is 0.146 e. The Morgan fingerprint density at radius 1 is 1.32 bits per heavy atom. The molecule has 0 bridgehead atoms. The van der Waals surface area contributed by atoms with Crippen LogP contribution in [-0.4, -0.2) is 19.6 Å². The molecule has 1 aliphatic rings. The lowest BCUT2D eigenvalue weighted by molar-refractivity contribution is 0.537. The Hall–Kier alpha value is -1.09. The summed E-state index contributed by atoms with van der Waals surface area (Å²) in [5, 5.41) is 3.15. The molecule has 1 unspecified atom stereocenters. The number of halogens is 1. The Kier molecular flexibility index (Phi) is 5.20. The molecule has 1 N–H and O–H groups in total. The van der Waals surface area contributed by atoms with Crippen LogP contribution in [-0.2, 0) is 6.54 Å². The molecule has 1 fully saturated rings. The van der Waals surface area contributed by atoms with Crippen molar-refractivity contribution in [3.8, 4) is 0 Å². The molecule has 0 radical (unpaired) electrons. The van der Waals surface area contributed by atoms with Gasteiger partial charge in [0.25, 0.3) is 0 Å². The molecular formula is C16H25FN2. The minimum atomic E-state index is -0.0758. The zero-order chi connectivity index (χ0) is 13.7. The fourth-order valence-corrected chi connectivity index (χ4v) is 3.11. The van der Waals surface area contributed by atoms with Crippen LogP contribution in [0.2, 0.25) is 0 Å². The first-order chi connectivity index (χ1) is 9.27. The van der Waals surface area contributed by atoms with Gasteiger partial charge in [-0.2, -0.15) is 0 Å². The van der Waals surface area contributed by atoms with Crippen LogP contribution in [0.1, 0.15) is 44.6 Å². The molecule has 1 aliphatic heterocycles. The molecule has 3 heteroatoms. The average Bonchev–Trinajstić information content (AvgIpc) is 2.64. The van der Waals surface area contributed by atoms with Gasteiger partial charge in [-0.25, -0.2) is 4.39 Å². The van der Waals surface area contributed by atoms with Gasteiger partial charge in [0, 0.05) is 19.1 Å². The number of hydrogen-bond donors (Lipinski definition) is 1. The van der Waals surface area contributed by atoms with Gasteiger partial charge in [0.2, 0.25) is 0 Å². The van der Waals surface area contributed by atoms with Gasteiger partial charge in [-0.15, -0.1) is 0 Å². The monoisotopic (exact) mass is 264 g/mol. The molecule has 106 valence electrons. The first kappa shape index (κ1) is 14.3. The second-order valence-corrected chi connectivity index (χ2v) is 5.38. The SMILES string of the molecule is CCC1CCCCCN1c1c(F)cccc1CNC. The predicted molar refractivity (Wildman–Crippen MR) is 79.1 cm³/mol. The molecule has 2 nitrogen and oxygen atoms in total. The van der Waals surface area contributed by atoms with Gasteiger partial charge in [0.15, 0.2) is 0 Å². The summed E-state index contributed by atoms with van der Waals surface area (Å²) in [6.45, 7) is 3.91. The van der Waals surface area contributed by atoms with Gasteiger partial charge in [-0.3, -0.25) is 0 Å². The van der Waals surface area contributed by atoms with Crippen molar-refractivity contribution in [1.82, 2.24) is 5.32 Å². The minimum absolute atomic E-state index is 0.0758. The molecule has 0 amide bonds. The van der Waals surface area contributed by atoms with Crippen molar-refractivity contribution < 1.29 is 4.39 Å². The lowest BCUT2D eigenvalue weighted by Crippen LogP contribution is -2.36. The van der Waals surface area contributed by atoms with Crippen molar-refractivity contribution in [1.29, 1.82) is 0 Å². The highest BCUT2D eigenvalue weighted by Gasteiger charge is 2.24. The Morgan fingerprint density at radius 3 is 2.89 bits per heavy atom. The van der Waals surface area contributed by atoms with Crippen molar-refractivity contribution >= 4 is 5.69 Å². The van der Waals surface area contributed by atoms with E-state index >= 15 is 0 Å². The summed E-state index contributed by atoms with van der Waals surface area (Å²) in [7, 11) is 1.91. The number of para-hydroxylation sites is 1. The molecule has 1 atom stereocenters. The summed E-state index contributed by atoms with van der Waals surface area (Å²) in [6.07, 6.45) is 5.98. The number of rotatable bonds is 4. The summed E-state index contributed by atoms with van der Waals surface area (Å²) < 4.78 is 14.3. The maximum absolute atomic E-state index is 14.3. The van der Waals surface area contributed by atoms with E-state index in [1.165, 1.54) is 25.7 Å². The van der Waals surface area contributed by atoms with Crippen LogP contribution >= 0.6 is 0 Å². The fraction of sp³-hybridized carbons (Fsp3) is 0.625. The van der Waals surface area contributed by atoms with Gasteiger partial charge in [0.05, 0.1) is 5.69 Å². The first-order valence-corrected chi connectivity index (χ1v) is 7.46. The Balaban J connectivity index is 2.36. The second-order valence-electron chi connectivity index (χ2n) is 5.38. The quantitative estimate of drug-likeness (QED) is 0.892. The van der Waals surface area contributed by atoms with Crippen LogP contribution in [0.3, 0.4) is 0 Å². The molecule has 1 aromatic rings. The standard InChI is InChI=1S/C16H25FN2/c1-3-14-9-5-4-6-11-19(14)16-13(12-18-2)8-7-10-15(16)17/h7-8,10,14,18H,3-6,9,11-12H2,1-2H3. The lowest BCUT2D eigenvalue weighted by atomic mass is 10.0. The molecule has 1 aromatic carbocycles. The largest absolute Gasteiger partial charge is 0.366 e. The highest BCUT2D eigenvalue weighted by molar-refractivity contribution is 5.56. The molecule has 0 aromatic heterocycles. The van der Waals surface area contributed by atoms with Crippen molar-refractivity contribution in [2.75, 3.05) is 18.5 Å². The van der Waals surface area contributed by atoms with Gasteiger partial charge in [0.1, 0.15) is 5.82 Å². The van der Waals surface area contributed by atoms with Crippen LogP contribution in [0.4, 0.5) is 10.1 Å². The number of anilines is 1. The van der Waals surface area contributed by atoms with Gasteiger partial charge < -0.3 is 10.2 Å². The number of nitrogens with zero attached hydrogens (tertiary/aromatic N) is 1. The van der Waals surface area contributed by atoms with E-state index in [1.54, 1.807) is 6.07 Å². The predicted octanol–water partition coefficient (Wildman–Crippen LogP) is 3.70. The minimum Gasteiger partial charge on any atom is -0.366 e. The average molecular weight is 264 g/mol. The number of nitrogens with one attached hydrogen (secondary N) is 1. The van der Waals surface area contributed by atoms with Crippen LogP contribution in [0, 0.1) is 5.82 Å². The summed E-state index contributed by atoms with van der Waals surface area (Å²) >= 11 is 0. The molecule has 1 saturated heterocycles. The summed E-state index contributed by atoms with van der Waals surface area (Å²) in [5.41, 5.74) is 1.90. The van der Waals surface area contributed by atoms with Crippen LogP contribution in [0.15, 0.2) is 18.2 Å². The van der Waals surface area contributed by atoms with Crippen LogP contribution < -0.4 is 10.2 Å². The molecule has 2 rings (SSSR count). The summed E-state index contributed by atoms with van der Waals surface area (Å²) in [5.74, 6) is -0.0758. The van der Waals surface area contributed by atoms with E-state index in [9.17, 15) is 4.39 Å². The van der Waals surface area contributed by atoms with Crippen LogP contribution in [0.25, 0.3) is 0 Å².